The van der Waals surface area contributed by atoms with Gasteiger partial charge in [-0.1, -0.05) is 6.92 Å². The van der Waals surface area contributed by atoms with Gasteiger partial charge in [-0.2, -0.15) is 0 Å². The first kappa shape index (κ1) is 10.2. The van der Waals surface area contributed by atoms with E-state index in [0.29, 0.717) is 12.5 Å². The number of thiophene rings is 1. The number of rotatable bonds is 3. The molecule has 1 amide bonds. The number of hydrogen-bond acceptors (Lipinski definition) is 2. The van der Waals surface area contributed by atoms with Crippen LogP contribution in [0.4, 0.5) is 0 Å². The molecule has 1 aliphatic carbocycles. The van der Waals surface area contributed by atoms with Gasteiger partial charge in [-0.25, -0.2) is 0 Å². The molecule has 1 aromatic rings. The van der Waals surface area contributed by atoms with Crippen molar-refractivity contribution in [3.8, 4) is 0 Å². The Morgan fingerprint density at radius 2 is 2.50 bits per heavy atom. The highest BCUT2D eigenvalue weighted by molar-refractivity contribution is 9.10. The van der Waals surface area contributed by atoms with E-state index < -0.39 is 0 Å². The van der Waals surface area contributed by atoms with Crippen LogP contribution >= 0.6 is 27.3 Å². The van der Waals surface area contributed by atoms with Crippen molar-refractivity contribution in [1.82, 2.24) is 5.32 Å². The summed E-state index contributed by atoms with van der Waals surface area (Å²) in [4.78, 5) is 12.7. The predicted molar refractivity (Wildman–Crippen MR) is 61.1 cm³/mol. The fraction of sp³-hybridized carbons (Fsp3) is 0.500. The molecule has 76 valence electrons. The number of carbonyl (C=O) groups excluding carboxylic acids is 1. The molecular weight excluding hydrogens is 262 g/mol. The molecule has 1 N–H and O–H groups in total. The third kappa shape index (κ3) is 2.17. The van der Waals surface area contributed by atoms with E-state index in [4.69, 9.17) is 0 Å². The topological polar surface area (TPSA) is 29.1 Å². The average molecular weight is 274 g/mol. The molecule has 0 bridgehead atoms. The highest BCUT2D eigenvalue weighted by Crippen LogP contribution is 2.37. The van der Waals surface area contributed by atoms with E-state index in [2.05, 4.69) is 28.2 Å². The summed E-state index contributed by atoms with van der Waals surface area (Å²) in [5.41, 5.74) is 0. The molecule has 1 aromatic heterocycles. The zero-order valence-corrected chi connectivity index (χ0v) is 10.3. The molecular formula is C10H12BrNOS. The lowest BCUT2D eigenvalue weighted by Gasteiger charge is -2.02. The Kier molecular flexibility index (Phi) is 2.93. The van der Waals surface area contributed by atoms with Gasteiger partial charge in [-0.3, -0.25) is 4.79 Å². The Labute approximate surface area is 95.8 Å². The third-order valence-corrected chi connectivity index (χ3v) is 4.49. The summed E-state index contributed by atoms with van der Waals surface area (Å²) in [6, 6.07) is 2.01. The number of amides is 1. The Hall–Kier alpha value is -0.350. The van der Waals surface area contributed by atoms with Gasteiger partial charge in [0.25, 0.3) is 0 Å². The molecule has 0 spiro atoms. The second-order valence-electron chi connectivity index (χ2n) is 3.73. The molecule has 2 unspecified atom stereocenters. The summed E-state index contributed by atoms with van der Waals surface area (Å²) >= 11 is 5.10. The molecule has 0 saturated heterocycles. The normalized spacial score (nSPS) is 24.7. The first-order valence-electron chi connectivity index (χ1n) is 4.68. The van der Waals surface area contributed by atoms with Crippen molar-refractivity contribution in [2.24, 2.45) is 11.8 Å². The molecule has 2 rings (SSSR count). The largest absolute Gasteiger partial charge is 0.351 e. The lowest BCUT2D eigenvalue weighted by Crippen LogP contribution is -2.24. The second-order valence-corrected chi connectivity index (χ2v) is 5.58. The molecule has 0 radical (unpaired) electrons. The number of nitrogens with one attached hydrogen (secondary N) is 1. The highest BCUT2D eigenvalue weighted by Gasteiger charge is 2.38. The van der Waals surface area contributed by atoms with Gasteiger partial charge in [0, 0.05) is 15.3 Å². The Morgan fingerprint density at radius 1 is 1.79 bits per heavy atom. The molecule has 1 saturated carbocycles. The molecule has 1 fully saturated rings. The van der Waals surface area contributed by atoms with Gasteiger partial charge < -0.3 is 5.32 Å². The maximum Gasteiger partial charge on any atom is 0.223 e. The quantitative estimate of drug-likeness (QED) is 0.902. The van der Waals surface area contributed by atoms with Crippen molar-refractivity contribution in [2.75, 3.05) is 0 Å². The van der Waals surface area contributed by atoms with E-state index in [1.807, 2.05) is 11.4 Å². The minimum Gasteiger partial charge on any atom is -0.351 e. The summed E-state index contributed by atoms with van der Waals surface area (Å²) in [7, 11) is 0. The van der Waals surface area contributed by atoms with Crippen molar-refractivity contribution in [3.63, 3.8) is 0 Å². The lowest BCUT2D eigenvalue weighted by atomic mass is 10.3. The molecule has 0 aromatic carbocycles. The number of hydrogen-bond donors (Lipinski definition) is 1. The van der Waals surface area contributed by atoms with Crippen LogP contribution < -0.4 is 5.32 Å². The van der Waals surface area contributed by atoms with Crippen LogP contribution in [0.1, 0.15) is 18.2 Å². The van der Waals surface area contributed by atoms with Gasteiger partial charge >= 0.3 is 0 Å². The van der Waals surface area contributed by atoms with E-state index in [1.54, 1.807) is 11.3 Å². The summed E-state index contributed by atoms with van der Waals surface area (Å²) in [6.45, 7) is 2.77. The van der Waals surface area contributed by atoms with E-state index >= 15 is 0 Å². The van der Waals surface area contributed by atoms with Gasteiger partial charge in [0.05, 0.1) is 6.54 Å². The van der Waals surface area contributed by atoms with Crippen molar-refractivity contribution < 1.29 is 4.79 Å². The van der Waals surface area contributed by atoms with Crippen molar-refractivity contribution in [3.05, 3.63) is 20.8 Å². The maximum atomic E-state index is 11.5. The molecule has 2 atom stereocenters. The zero-order valence-electron chi connectivity index (χ0n) is 7.92. The van der Waals surface area contributed by atoms with Crippen LogP contribution in [-0.2, 0) is 11.3 Å². The van der Waals surface area contributed by atoms with Crippen molar-refractivity contribution >= 4 is 33.2 Å². The van der Waals surface area contributed by atoms with E-state index in [0.717, 1.165) is 10.9 Å². The number of halogens is 1. The van der Waals surface area contributed by atoms with Crippen molar-refractivity contribution in [2.45, 2.75) is 19.9 Å². The summed E-state index contributed by atoms with van der Waals surface area (Å²) in [5, 5.41) is 4.98. The maximum absolute atomic E-state index is 11.5. The Balaban J connectivity index is 1.83. The van der Waals surface area contributed by atoms with Crippen LogP contribution in [0.5, 0.6) is 0 Å². The van der Waals surface area contributed by atoms with Gasteiger partial charge in [-0.15, -0.1) is 11.3 Å². The molecule has 0 aliphatic heterocycles. The molecule has 2 nitrogen and oxygen atoms in total. The van der Waals surface area contributed by atoms with Crippen LogP contribution in [0.15, 0.2) is 15.9 Å². The van der Waals surface area contributed by atoms with Crippen LogP contribution in [-0.4, -0.2) is 5.91 Å². The molecule has 1 heterocycles. The first-order valence-corrected chi connectivity index (χ1v) is 6.35. The Morgan fingerprint density at radius 3 is 3.00 bits per heavy atom. The standard InChI is InChI=1S/C10H12BrNOS/c1-6-4-7(6)10(13)12-5-9-8(11)2-3-14-9/h2-3,6-7H,4-5H2,1H3,(H,12,13). The number of carbonyl (C=O) groups is 1. The monoisotopic (exact) mass is 273 g/mol. The van der Waals surface area contributed by atoms with Crippen LogP contribution in [0, 0.1) is 11.8 Å². The smallest absolute Gasteiger partial charge is 0.223 e. The fourth-order valence-corrected chi connectivity index (χ4v) is 2.87. The van der Waals surface area contributed by atoms with Gasteiger partial charge in [-0.05, 0) is 39.7 Å². The van der Waals surface area contributed by atoms with E-state index in [-0.39, 0.29) is 11.8 Å². The first-order chi connectivity index (χ1) is 6.68. The second kappa shape index (κ2) is 4.03. The SMILES string of the molecule is CC1CC1C(=O)NCc1sccc1Br. The Bertz CT molecular complexity index is 350. The lowest BCUT2D eigenvalue weighted by molar-refractivity contribution is -0.122. The molecule has 1 aliphatic rings. The highest BCUT2D eigenvalue weighted by atomic mass is 79.9. The third-order valence-electron chi connectivity index (χ3n) is 2.56. The van der Waals surface area contributed by atoms with Crippen molar-refractivity contribution in [1.29, 1.82) is 0 Å². The van der Waals surface area contributed by atoms with Crippen LogP contribution in [0.25, 0.3) is 0 Å². The summed E-state index contributed by atoms with van der Waals surface area (Å²) in [5.74, 6) is 1.06. The van der Waals surface area contributed by atoms with Gasteiger partial charge in [0.1, 0.15) is 0 Å². The van der Waals surface area contributed by atoms with Gasteiger partial charge in [0.15, 0.2) is 0 Å². The minimum atomic E-state index is 0.206. The van der Waals surface area contributed by atoms with Gasteiger partial charge in [0.2, 0.25) is 5.91 Å². The minimum absolute atomic E-state index is 0.206. The van der Waals surface area contributed by atoms with E-state index in [1.165, 1.54) is 4.88 Å². The van der Waals surface area contributed by atoms with E-state index in [9.17, 15) is 4.79 Å². The van der Waals surface area contributed by atoms with Crippen LogP contribution in [0.2, 0.25) is 0 Å². The fourth-order valence-electron chi connectivity index (χ4n) is 1.44. The predicted octanol–water partition coefficient (Wildman–Crippen LogP) is 2.78. The molecule has 4 heteroatoms. The average Bonchev–Trinajstić information content (AvgIpc) is 2.74. The summed E-state index contributed by atoms with van der Waals surface area (Å²) < 4.78 is 1.09. The van der Waals surface area contributed by atoms with Crippen LogP contribution in [0.3, 0.4) is 0 Å². The summed E-state index contributed by atoms with van der Waals surface area (Å²) in [6.07, 6.45) is 1.05. The zero-order chi connectivity index (χ0) is 10.1. The molecule has 14 heavy (non-hydrogen) atoms.